The Morgan fingerprint density at radius 2 is 2.08 bits per heavy atom. The van der Waals surface area contributed by atoms with Crippen LogP contribution in [0.25, 0.3) is 0 Å². The maximum atomic E-state index is 12.9. The van der Waals surface area contributed by atoms with Gasteiger partial charge in [0, 0.05) is 12.1 Å². The predicted molar refractivity (Wildman–Crippen MR) is 48.7 cm³/mol. The van der Waals surface area contributed by atoms with Gasteiger partial charge in [-0.3, -0.25) is 0 Å². The third-order valence-corrected chi connectivity index (χ3v) is 2.03. The minimum absolute atomic E-state index is 0.0429. The van der Waals surface area contributed by atoms with Crippen LogP contribution in [0.15, 0.2) is 12.1 Å². The van der Waals surface area contributed by atoms with Crippen LogP contribution in [-0.4, -0.2) is 6.04 Å². The molecule has 72 valence electrons. The van der Waals surface area contributed by atoms with E-state index in [0.717, 1.165) is 6.07 Å². The first-order chi connectivity index (χ1) is 6.00. The second-order valence-corrected chi connectivity index (χ2v) is 3.42. The largest absolute Gasteiger partial charge is 0.328 e. The van der Waals surface area contributed by atoms with Gasteiger partial charge in [-0.1, -0.05) is 11.6 Å². The third kappa shape index (κ3) is 2.64. The minimum atomic E-state index is -0.739. The molecule has 1 aromatic carbocycles. The number of nitrogens with two attached hydrogens (primary N) is 1. The molecule has 1 unspecified atom stereocenters. The molecule has 0 saturated heterocycles. The van der Waals surface area contributed by atoms with Crippen molar-refractivity contribution in [3.63, 3.8) is 0 Å². The smallest absolute Gasteiger partial charge is 0.144 e. The van der Waals surface area contributed by atoms with Crippen LogP contribution in [0.5, 0.6) is 0 Å². The molecule has 4 heteroatoms. The molecule has 0 amide bonds. The van der Waals surface area contributed by atoms with Crippen LogP contribution < -0.4 is 5.73 Å². The van der Waals surface area contributed by atoms with Crippen molar-refractivity contribution in [2.75, 3.05) is 0 Å². The molecule has 0 saturated carbocycles. The number of rotatable bonds is 2. The normalized spacial score (nSPS) is 13.0. The van der Waals surface area contributed by atoms with E-state index >= 15 is 0 Å². The summed E-state index contributed by atoms with van der Waals surface area (Å²) in [7, 11) is 0. The fourth-order valence-corrected chi connectivity index (χ4v) is 1.29. The lowest BCUT2D eigenvalue weighted by Crippen LogP contribution is -2.18. The van der Waals surface area contributed by atoms with Crippen molar-refractivity contribution < 1.29 is 8.78 Å². The van der Waals surface area contributed by atoms with Crippen LogP contribution >= 0.6 is 11.6 Å². The molecular weight excluding hydrogens is 196 g/mol. The van der Waals surface area contributed by atoms with Crippen molar-refractivity contribution in [2.24, 2.45) is 5.73 Å². The molecule has 1 nitrogen and oxygen atoms in total. The van der Waals surface area contributed by atoms with E-state index < -0.39 is 11.6 Å². The second kappa shape index (κ2) is 4.03. The van der Waals surface area contributed by atoms with Gasteiger partial charge in [-0.2, -0.15) is 0 Å². The Morgan fingerprint density at radius 3 is 2.62 bits per heavy atom. The highest BCUT2D eigenvalue weighted by Crippen LogP contribution is 2.22. The first kappa shape index (κ1) is 10.4. The monoisotopic (exact) mass is 205 g/mol. The van der Waals surface area contributed by atoms with E-state index in [0.29, 0.717) is 12.0 Å². The molecule has 0 aliphatic heterocycles. The zero-order valence-corrected chi connectivity index (χ0v) is 7.91. The van der Waals surface area contributed by atoms with E-state index in [1.54, 1.807) is 6.92 Å². The van der Waals surface area contributed by atoms with Crippen molar-refractivity contribution in [2.45, 2.75) is 19.4 Å². The molecule has 0 aliphatic rings. The van der Waals surface area contributed by atoms with E-state index in [-0.39, 0.29) is 11.1 Å². The molecular formula is C9H10ClF2N. The van der Waals surface area contributed by atoms with Crippen molar-refractivity contribution >= 4 is 11.6 Å². The summed E-state index contributed by atoms with van der Waals surface area (Å²) < 4.78 is 25.6. The number of hydrogen-bond donors (Lipinski definition) is 1. The molecule has 13 heavy (non-hydrogen) atoms. The summed E-state index contributed by atoms with van der Waals surface area (Å²) in [6.07, 6.45) is 0.369. The molecule has 0 aromatic heterocycles. The molecule has 0 radical (unpaired) electrons. The van der Waals surface area contributed by atoms with Gasteiger partial charge in [-0.25, -0.2) is 8.78 Å². The Morgan fingerprint density at radius 1 is 1.46 bits per heavy atom. The summed E-state index contributed by atoms with van der Waals surface area (Å²) in [4.78, 5) is 0. The SMILES string of the molecule is CC(N)Cc1cc(F)cc(F)c1Cl. The highest BCUT2D eigenvalue weighted by molar-refractivity contribution is 6.31. The van der Waals surface area contributed by atoms with Crippen LogP contribution in [0.3, 0.4) is 0 Å². The first-order valence-corrected chi connectivity index (χ1v) is 4.27. The molecule has 1 aromatic rings. The standard InChI is InChI=1S/C9H10ClF2N/c1-5(13)2-6-3-7(11)4-8(12)9(6)10/h3-5H,2,13H2,1H3. The van der Waals surface area contributed by atoms with Crippen LogP contribution in [0.2, 0.25) is 5.02 Å². The van der Waals surface area contributed by atoms with Crippen molar-refractivity contribution in [1.29, 1.82) is 0 Å². The maximum absolute atomic E-state index is 12.9. The van der Waals surface area contributed by atoms with E-state index in [4.69, 9.17) is 17.3 Å². The first-order valence-electron chi connectivity index (χ1n) is 3.89. The summed E-state index contributed by atoms with van der Waals surface area (Å²) in [5.41, 5.74) is 5.90. The molecule has 1 rings (SSSR count). The lowest BCUT2D eigenvalue weighted by molar-refractivity contribution is 0.577. The van der Waals surface area contributed by atoms with Gasteiger partial charge in [0.1, 0.15) is 11.6 Å². The number of hydrogen-bond acceptors (Lipinski definition) is 1. The van der Waals surface area contributed by atoms with E-state index in [1.807, 2.05) is 0 Å². The molecule has 0 fully saturated rings. The highest BCUT2D eigenvalue weighted by Gasteiger charge is 2.10. The van der Waals surface area contributed by atoms with Crippen LogP contribution in [-0.2, 0) is 6.42 Å². The second-order valence-electron chi connectivity index (χ2n) is 3.04. The fourth-order valence-electron chi connectivity index (χ4n) is 1.10. The molecule has 1 atom stereocenters. The topological polar surface area (TPSA) is 26.0 Å². The van der Waals surface area contributed by atoms with Gasteiger partial charge in [-0.15, -0.1) is 0 Å². The van der Waals surface area contributed by atoms with Gasteiger partial charge in [-0.05, 0) is 25.0 Å². The van der Waals surface area contributed by atoms with Crippen LogP contribution in [0.4, 0.5) is 8.78 Å². The molecule has 2 N–H and O–H groups in total. The van der Waals surface area contributed by atoms with E-state index in [2.05, 4.69) is 0 Å². The van der Waals surface area contributed by atoms with Gasteiger partial charge in [0.15, 0.2) is 0 Å². The van der Waals surface area contributed by atoms with Gasteiger partial charge >= 0.3 is 0 Å². The summed E-state index contributed by atoms with van der Waals surface area (Å²) in [5, 5.41) is -0.0429. The molecule has 0 heterocycles. The summed E-state index contributed by atoms with van der Waals surface area (Å²) in [6, 6.07) is 1.79. The Bertz CT molecular complexity index is 313. The Kier molecular flexibility index (Phi) is 3.22. The number of benzene rings is 1. The third-order valence-electron chi connectivity index (χ3n) is 1.61. The van der Waals surface area contributed by atoms with Gasteiger partial charge in [0.05, 0.1) is 5.02 Å². The van der Waals surface area contributed by atoms with Crippen LogP contribution in [0.1, 0.15) is 12.5 Å². The van der Waals surface area contributed by atoms with Gasteiger partial charge in [0.2, 0.25) is 0 Å². The predicted octanol–water partition coefficient (Wildman–Crippen LogP) is 2.51. The molecule has 0 aliphatic carbocycles. The zero-order chi connectivity index (χ0) is 10.0. The summed E-state index contributed by atoms with van der Waals surface area (Å²) in [5.74, 6) is -1.37. The maximum Gasteiger partial charge on any atom is 0.144 e. The fraction of sp³-hybridized carbons (Fsp3) is 0.333. The molecule has 0 spiro atoms. The minimum Gasteiger partial charge on any atom is -0.328 e. The van der Waals surface area contributed by atoms with Crippen LogP contribution in [0, 0.1) is 11.6 Å². The Balaban J connectivity index is 3.05. The number of halogens is 3. The average molecular weight is 206 g/mol. The van der Waals surface area contributed by atoms with Gasteiger partial charge in [0.25, 0.3) is 0 Å². The summed E-state index contributed by atoms with van der Waals surface area (Å²) >= 11 is 5.61. The lowest BCUT2D eigenvalue weighted by Gasteiger charge is -2.07. The van der Waals surface area contributed by atoms with E-state index in [9.17, 15) is 8.78 Å². The quantitative estimate of drug-likeness (QED) is 0.738. The van der Waals surface area contributed by atoms with Gasteiger partial charge < -0.3 is 5.73 Å². The lowest BCUT2D eigenvalue weighted by atomic mass is 10.1. The van der Waals surface area contributed by atoms with Crippen molar-refractivity contribution in [1.82, 2.24) is 0 Å². The highest BCUT2D eigenvalue weighted by atomic mass is 35.5. The Hall–Kier alpha value is -0.670. The Labute approximate surface area is 80.5 Å². The average Bonchev–Trinajstić information content (AvgIpc) is 1.98. The van der Waals surface area contributed by atoms with E-state index in [1.165, 1.54) is 6.07 Å². The van der Waals surface area contributed by atoms with Crippen molar-refractivity contribution in [3.8, 4) is 0 Å². The van der Waals surface area contributed by atoms with Crippen molar-refractivity contribution in [3.05, 3.63) is 34.4 Å². The zero-order valence-electron chi connectivity index (χ0n) is 7.15. The summed E-state index contributed by atoms with van der Waals surface area (Å²) in [6.45, 7) is 1.75. The molecule has 0 bridgehead atoms.